The Kier molecular flexibility index (Phi) is 5.60. The van der Waals surface area contributed by atoms with E-state index in [0.29, 0.717) is 17.2 Å². The van der Waals surface area contributed by atoms with E-state index in [4.69, 9.17) is 15.2 Å². The van der Waals surface area contributed by atoms with Gasteiger partial charge in [-0.1, -0.05) is 37.3 Å². The van der Waals surface area contributed by atoms with Crippen molar-refractivity contribution in [2.24, 2.45) is 11.7 Å². The lowest BCUT2D eigenvalue weighted by molar-refractivity contribution is -0.120. The Labute approximate surface area is 136 Å². The molecule has 1 amide bonds. The van der Waals surface area contributed by atoms with Crippen molar-refractivity contribution in [1.29, 1.82) is 0 Å². The maximum atomic E-state index is 12.5. The monoisotopic (exact) mass is 314 g/mol. The van der Waals surface area contributed by atoms with Crippen LogP contribution in [0.15, 0.2) is 48.5 Å². The van der Waals surface area contributed by atoms with Crippen molar-refractivity contribution in [2.45, 2.75) is 13.0 Å². The van der Waals surface area contributed by atoms with Crippen LogP contribution in [0.5, 0.6) is 11.5 Å². The van der Waals surface area contributed by atoms with Crippen LogP contribution in [-0.4, -0.2) is 20.1 Å². The van der Waals surface area contributed by atoms with Gasteiger partial charge in [0.15, 0.2) is 0 Å². The molecule has 2 aromatic rings. The van der Waals surface area contributed by atoms with E-state index in [-0.39, 0.29) is 17.9 Å². The fraction of sp³-hybridized carbons (Fsp3) is 0.278. The Balaban J connectivity index is 2.12. The second kappa shape index (κ2) is 7.65. The van der Waals surface area contributed by atoms with Crippen LogP contribution >= 0.6 is 0 Å². The summed E-state index contributed by atoms with van der Waals surface area (Å²) < 4.78 is 10.4. The number of rotatable bonds is 6. The quantitative estimate of drug-likeness (QED) is 0.859. The van der Waals surface area contributed by atoms with Gasteiger partial charge >= 0.3 is 0 Å². The predicted octanol–water partition coefficient (Wildman–Crippen LogP) is 2.98. The highest BCUT2D eigenvalue weighted by Crippen LogP contribution is 2.30. The molecule has 2 unspecified atom stereocenters. The number of carbonyl (C=O) groups excluding carboxylic acids is 1. The first-order chi connectivity index (χ1) is 11.1. The average Bonchev–Trinajstić information content (AvgIpc) is 2.61. The zero-order chi connectivity index (χ0) is 16.8. The molecule has 0 saturated heterocycles. The largest absolute Gasteiger partial charge is 0.497 e. The zero-order valence-electron chi connectivity index (χ0n) is 13.6. The lowest BCUT2D eigenvalue weighted by Gasteiger charge is -2.20. The number of anilines is 1. The van der Waals surface area contributed by atoms with E-state index in [9.17, 15) is 4.79 Å². The molecule has 122 valence electrons. The molecule has 0 radical (unpaired) electrons. The molecule has 5 heteroatoms. The third kappa shape index (κ3) is 4.02. The summed E-state index contributed by atoms with van der Waals surface area (Å²) in [5.41, 5.74) is 7.71. The van der Waals surface area contributed by atoms with E-state index < -0.39 is 0 Å². The van der Waals surface area contributed by atoms with Crippen LogP contribution in [0.4, 0.5) is 5.69 Å². The minimum absolute atomic E-state index is 0.162. The molecule has 0 spiro atoms. The summed E-state index contributed by atoms with van der Waals surface area (Å²) in [6, 6.07) is 14.4. The van der Waals surface area contributed by atoms with Gasteiger partial charge in [-0.3, -0.25) is 4.79 Å². The smallest absolute Gasteiger partial charge is 0.229 e. The number of benzene rings is 2. The minimum atomic E-state index is -0.385. The molecule has 0 fully saturated rings. The van der Waals surface area contributed by atoms with Crippen LogP contribution in [0.25, 0.3) is 0 Å². The Morgan fingerprint density at radius 3 is 2.39 bits per heavy atom. The summed E-state index contributed by atoms with van der Waals surface area (Å²) in [6.07, 6.45) is 0. The molecule has 2 atom stereocenters. The summed E-state index contributed by atoms with van der Waals surface area (Å²) in [6.45, 7) is 1.81. The normalized spacial score (nSPS) is 13.0. The van der Waals surface area contributed by atoms with Crippen LogP contribution in [0, 0.1) is 5.92 Å². The second-order valence-electron chi connectivity index (χ2n) is 5.28. The van der Waals surface area contributed by atoms with Gasteiger partial charge in [-0.05, 0) is 17.7 Å². The number of methoxy groups -OCH3 is 2. The van der Waals surface area contributed by atoms with Crippen LogP contribution in [0.2, 0.25) is 0 Å². The number of hydrogen-bond acceptors (Lipinski definition) is 4. The highest BCUT2D eigenvalue weighted by atomic mass is 16.5. The van der Waals surface area contributed by atoms with Gasteiger partial charge in [-0.25, -0.2) is 0 Å². The van der Waals surface area contributed by atoms with Crippen molar-refractivity contribution in [3.05, 3.63) is 54.1 Å². The summed E-state index contributed by atoms with van der Waals surface area (Å²) in [5.74, 6) is 0.654. The number of nitrogens with two attached hydrogens (primary N) is 1. The predicted molar refractivity (Wildman–Crippen MR) is 90.7 cm³/mol. The number of ether oxygens (including phenoxy) is 2. The van der Waals surface area contributed by atoms with Crippen molar-refractivity contribution in [3.8, 4) is 11.5 Å². The van der Waals surface area contributed by atoms with Crippen molar-refractivity contribution in [2.75, 3.05) is 19.5 Å². The zero-order valence-corrected chi connectivity index (χ0v) is 13.6. The summed E-state index contributed by atoms with van der Waals surface area (Å²) >= 11 is 0. The van der Waals surface area contributed by atoms with Crippen molar-refractivity contribution >= 4 is 11.6 Å². The molecule has 0 bridgehead atoms. The van der Waals surface area contributed by atoms with Gasteiger partial charge in [0.1, 0.15) is 11.5 Å². The maximum Gasteiger partial charge on any atom is 0.229 e. The van der Waals surface area contributed by atoms with Crippen molar-refractivity contribution in [3.63, 3.8) is 0 Å². The van der Waals surface area contributed by atoms with Crippen LogP contribution in [-0.2, 0) is 4.79 Å². The van der Waals surface area contributed by atoms with Gasteiger partial charge < -0.3 is 20.5 Å². The minimum Gasteiger partial charge on any atom is -0.497 e. The van der Waals surface area contributed by atoms with Gasteiger partial charge in [0, 0.05) is 12.1 Å². The summed E-state index contributed by atoms with van der Waals surface area (Å²) in [7, 11) is 3.12. The molecule has 2 rings (SSSR count). The number of nitrogens with one attached hydrogen (secondary N) is 1. The molecule has 0 aliphatic rings. The van der Waals surface area contributed by atoms with Gasteiger partial charge in [0.05, 0.1) is 25.8 Å². The number of hydrogen-bond donors (Lipinski definition) is 2. The molecule has 0 aliphatic heterocycles. The Hall–Kier alpha value is -2.53. The standard InChI is InChI=1S/C18H22N2O3/c1-12(17(19)13-7-5-4-6-8-13)18(21)20-15-10-9-14(22-2)11-16(15)23-3/h4-12,17H,19H2,1-3H3,(H,20,21). The lowest BCUT2D eigenvalue weighted by Crippen LogP contribution is -2.30. The van der Waals surface area contributed by atoms with E-state index in [1.54, 1.807) is 32.4 Å². The molecule has 0 aromatic heterocycles. The van der Waals surface area contributed by atoms with Gasteiger partial charge in [0.25, 0.3) is 0 Å². The first-order valence-electron chi connectivity index (χ1n) is 7.40. The molecular formula is C18H22N2O3. The van der Waals surface area contributed by atoms with Crippen molar-refractivity contribution < 1.29 is 14.3 Å². The highest BCUT2D eigenvalue weighted by Gasteiger charge is 2.23. The molecule has 3 N–H and O–H groups in total. The molecule has 0 aliphatic carbocycles. The van der Waals surface area contributed by atoms with E-state index in [1.165, 1.54) is 0 Å². The number of carbonyl (C=O) groups is 1. The Bertz CT molecular complexity index is 659. The third-order valence-electron chi connectivity index (χ3n) is 3.80. The van der Waals surface area contributed by atoms with Crippen LogP contribution in [0.3, 0.4) is 0 Å². The van der Waals surface area contributed by atoms with Crippen molar-refractivity contribution in [1.82, 2.24) is 0 Å². The van der Waals surface area contributed by atoms with E-state index >= 15 is 0 Å². The molecule has 0 saturated carbocycles. The summed E-state index contributed by atoms with van der Waals surface area (Å²) in [5, 5.41) is 2.86. The third-order valence-corrected chi connectivity index (χ3v) is 3.80. The highest BCUT2D eigenvalue weighted by molar-refractivity contribution is 5.94. The Morgan fingerprint density at radius 2 is 1.78 bits per heavy atom. The first-order valence-corrected chi connectivity index (χ1v) is 7.40. The fourth-order valence-corrected chi connectivity index (χ4v) is 2.28. The van der Waals surface area contributed by atoms with Gasteiger partial charge in [-0.15, -0.1) is 0 Å². The molecule has 2 aromatic carbocycles. The van der Waals surface area contributed by atoms with E-state index in [1.807, 2.05) is 37.3 Å². The first kappa shape index (κ1) is 16.8. The molecular weight excluding hydrogens is 292 g/mol. The van der Waals surface area contributed by atoms with Crippen LogP contribution < -0.4 is 20.5 Å². The average molecular weight is 314 g/mol. The molecule has 5 nitrogen and oxygen atoms in total. The fourth-order valence-electron chi connectivity index (χ4n) is 2.28. The summed E-state index contributed by atoms with van der Waals surface area (Å²) in [4.78, 5) is 12.5. The SMILES string of the molecule is COc1ccc(NC(=O)C(C)C(N)c2ccccc2)c(OC)c1. The van der Waals surface area contributed by atoms with Gasteiger partial charge in [0.2, 0.25) is 5.91 Å². The molecule has 23 heavy (non-hydrogen) atoms. The number of amides is 1. The second-order valence-corrected chi connectivity index (χ2v) is 5.28. The topological polar surface area (TPSA) is 73.6 Å². The van der Waals surface area contributed by atoms with Gasteiger partial charge in [-0.2, -0.15) is 0 Å². The molecule has 0 heterocycles. The Morgan fingerprint density at radius 1 is 1.09 bits per heavy atom. The maximum absolute atomic E-state index is 12.5. The van der Waals surface area contributed by atoms with E-state index in [2.05, 4.69) is 5.32 Å². The lowest BCUT2D eigenvalue weighted by atomic mass is 9.94. The van der Waals surface area contributed by atoms with E-state index in [0.717, 1.165) is 5.56 Å². The van der Waals surface area contributed by atoms with Crippen LogP contribution in [0.1, 0.15) is 18.5 Å².